The summed E-state index contributed by atoms with van der Waals surface area (Å²) in [4.78, 5) is 24.3. The van der Waals surface area contributed by atoms with Crippen LogP contribution < -0.4 is 0 Å². The standard InChI is InChI=1S/C28H28N4O2/c1-31(2)28(33)18-6-4-17(5-7-18)25-12-30-27-24(25)10-20(11-29-27)19-8-21-13-32(3)14-23-16-34-15-22(9-19)26(21)23/h4-12,23H,13-16H2,1-3H3,(H,29,30). The van der Waals surface area contributed by atoms with Gasteiger partial charge in [-0.1, -0.05) is 12.1 Å². The van der Waals surface area contributed by atoms with Gasteiger partial charge < -0.3 is 19.5 Å². The van der Waals surface area contributed by atoms with Gasteiger partial charge in [0, 0.05) is 67.6 Å². The van der Waals surface area contributed by atoms with Crippen LogP contribution in [-0.4, -0.2) is 60.0 Å². The van der Waals surface area contributed by atoms with Crippen LogP contribution in [0.3, 0.4) is 0 Å². The van der Waals surface area contributed by atoms with Gasteiger partial charge in [0.15, 0.2) is 0 Å². The van der Waals surface area contributed by atoms with Gasteiger partial charge in [-0.2, -0.15) is 0 Å². The number of nitrogens with one attached hydrogen (secondary N) is 1. The molecule has 4 heterocycles. The number of ether oxygens (including phenoxy) is 1. The third-order valence-corrected chi connectivity index (χ3v) is 7.02. The van der Waals surface area contributed by atoms with E-state index in [1.807, 2.05) is 36.7 Å². The fourth-order valence-electron chi connectivity index (χ4n) is 5.44. The fraction of sp³-hybridized carbons (Fsp3) is 0.286. The van der Waals surface area contributed by atoms with Crippen molar-refractivity contribution in [3.05, 3.63) is 77.1 Å². The maximum Gasteiger partial charge on any atom is 0.253 e. The van der Waals surface area contributed by atoms with Gasteiger partial charge in [0.05, 0.1) is 13.2 Å². The van der Waals surface area contributed by atoms with Gasteiger partial charge in [-0.3, -0.25) is 4.79 Å². The highest BCUT2D eigenvalue weighted by atomic mass is 16.5. The molecule has 6 rings (SSSR count). The van der Waals surface area contributed by atoms with Gasteiger partial charge in [0.25, 0.3) is 5.91 Å². The quantitative estimate of drug-likeness (QED) is 0.491. The number of aromatic nitrogens is 2. The first-order chi connectivity index (χ1) is 16.5. The second-order valence-electron chi connectivity index (χ2n) is 9.72. The summed E-state index contributed by atoms with van der Waals surface area (Å²) >= 11 is 0. The SMILES string of the molecule is CN1Cc2cc(-c3cnc4[nH]cc(-c5ccc(C(=O)N(C)C)cc5)c4c3)cc3c2C(COC3)C1. The van der Waals surface area contributed by atoms with E-state index in [4.69, 9.17) is 9.72 Å². The lowest BCUT2D eigenvalue weighted by atomic mass is 9.83. The zero-order chi connectivity index (χ0) is 23.4. The molecule has 1 amide bonds. The molecule has 2 aliphatic rings. The van der Waals surface area contributed by atoms with Crippen LogP contribution in [0.4, 0.5) is 0 Å². The number of fused-ring (bicyclic) bond motifs is 1. The van der Waals surface area contributed by atoms with Gasteiger partial charge >= 0.3 is 0 Å². The number of pyridine rings is 1. The molecule has 2 aromatic carbocycles. The van der Waals surface area contributed by atoms with E-state index in [1.165, 1.54) is 22.3 Å². The molecule has 4 aromatic rings. The summed E-state index contributed by atoms with van der Waals surface area (Å²) in [6.07, 6.45) is 3.94. The lowest BCUT2D eigenvalue weighted by molar-refractivity contribution is 0.0742. The van der Waals surface area contributed by atoms with Gasteiger partial charge in [-0.25, -0.2) is 4.98 Å². The first kappa shape index (κ1) is 21.1. The van der Waals surface area contributed by atoms with Gasteiger partial charge in [-0.15, -0.1) is 0 Å². The molecule has 6 heteroatoms. The molecule has 1 atom stereocenters. The van der Waals surface area contributed by atoms with Crippen LogP contribution in [0.5, 0.6) is 0 Å². The molecule has 0 bridgehead atoms. The molecule has 0 saturated heterocycles. The lowest BCUT2D eigenvalue weighted by Gasteiger charge is -2.37. The van der Waals surface area contributed by atoms with Crippen molar-refractivity contribution < 1.29 is 9.53 Å². The predicted molar refractivity (Wildman–Crippen MR) is 134 cm³/mol. The van der Waals surface area contributed by atoms with E-state index in [9.17, 15) is 4.79 Å². The Morgan fingerprint density at radius 1 is 1.09 bits per heavy atom. The van der Waals surface area contributed by atoms with Gasteiger partial charge in [0.1, 0.15) is 5.65 Å². The number of carbonyl (C=O) groups excluding carboxylic acids is 1. The Hall–Kier alpha value is -3.48. The van der Waals surface area contributed by atoms with Crippen molar-refractivity contribution >= 4 is 16.9 Å². The Morgan fingerprint density at radius 3 is 2.68 bits per heavy atom. The largest absolute Gasteiger partial charge is 0.376 e. The number of hydrogen-bond donors (Lipinski definition) is 1. The predicted octanol–water partition coefficient (Wildman–Crippen LogP) is 4.66. The molecule has 2 aliphatic heterocycles. The number of nitrogens with zero attached hydrogens (tertiary/aromatic N) is 3. The van der Waals surface area contributed by atoms with E-state index in [0.717, 1.165) is 47.4 Å². The molecular weight excluding hydrogens is 424 g/mol. The Balaban J connectivity index is 1.41. The summed E-state index contributed by atoms with van der Waals surface area (Å²) in [5.74, 6) is 0.466. The second-order valence-corrected chi connectivity index (χ2v) is 9.72. The van der Waals surface area contributed by atoms with E-state index in [2.05, 4.69) is 35.1 Å². The Morgan fingerprint density at radius 2 is 1.88 bits per heavy atom. The summed E-state index contributed by atoms with van der Waals surface area (Å²) in [6.45, 7) is 3.51. The normalized spacial score (nSPS) is 17.6. The van der Waals surface area contributed by atoms with Crippen molar-refractivity contribution in [3.63, 3.8) is 0 Å². The Bertz CT molecular complexity index is 1400. The number of aromatic amines is 1. The van der Waals surface area contributed by atoms with Crippen molar-refractivity contribution in [1.82, 2.24) is 19.8 Å². The van der Waals surface area contributed by atoms with Crippen LogP contribution in [0.2, 0.25) is 0 Å². The third-order valence-electron chi connectivity index (χ3n) is 7.02. The third kappa shape index (κ3) is 3.50. The topological polar surface area (TPSA) is 61.5 Å². The minimum Gasteiger partial charge on any atom is -0.376 e. The van der Waals surface area contributed by atoms with E-state index in [0.29, 0.717) is 18.1 Å². The van der Waals surface area contributed by atoms with Crippen LogP contribution in [0.1, 0.15) is 33.0 Å². The average Bonchev–Trinajstić information content (AvgIpc) is 3.26. The van der Waals surface area contributed by atoms with Gasteiger partial charge in [-0.05, 0) is 65.2 Å². The molecule has 2 aromatic heterocycles. The Kier molecular flexibility index (Phi) is 5.01. The van der Waals surface area contributed by atoms with Crippen LogP contribution in [-0.2, 0) is 17.9 Å². The molecule has 0 fully saturated rings. The van der Waals surface area contributed by atoms with Crippen molar-refractivity contribution in [2.24, 2.45) is 0 Å². The molecule has 0 aliphatic carbocycles. The van der Waals surface area contributed by atoms with Crippen molar-refractivity contribution in [1.29, 1.82) is 0 Å². The number of amides is 1. The van der Waals surface area contributed by atoms with E-state index in [1.54, 1.807) is 19.0 Å². The minimum atomic E-state index is 0.00247. The molecule has 6 nitrogen and oxygen atoms in total. The number of carbonyl (C=O) groups is 1. The first-order valence-corrected chi connectivity index (χ1v) is 11.7. The molecule has 34 heavy (non-hydrogen) atoms. The minimum absolute atomic E-state index is 0.00247. The molecule has 1 unspecified atom stereocenters. The molecule has 172 valence electrons. The number of H-pyrrole nitrogens is 1. The number of likely N-dealkylation sites (N-methyl/N-ethyl adjacent to an activating group) is 1. The molecule has 1 N–H and O–H groups in total. The van der Waals surface area contributed by atoms with E-state index >= 15 is 0 Å². The van der Waals surface area contributed by atoms with Crippen LogP contribution in [0, 0.1) is 0 Å². The number of benzene rings is 2. The zero-order valence-corrected chi connectivity index (χ0v) is 19.8. The maximum atomic E-state index is 12.3. The first-order valence-electron chi connectivity index (χ1n) is 11.7. The fourth-order valence-corrected chi connectivity index (χ4v) is 5.44. The van der Waals surface area contributed by atoms with Crippen molar-refractivity contribution in [3.8, 4) is 22.3 Å². The smallest absolute Gasteiger partial charge is 0.253 e. The average molecular weight is 453 g/mol. The monoisotopic (exact) mass is 452 g/mol. The van der Waals surface area contributed by atoms with Crippen LogP contribution in [0.25, 0.3) is 33.3 Å². The molecular formula is C28H28N4O2. The Labute approximate surface area is 199 Å². The van der Waals surface area contributed by atoms with Crippen molar-refractivity contribution in [2.45, 2.75) is 19.1 Å². The van der Waals surface area contributed by atoms with Gasteiger partial charge in [0.2, 0.25) is 0 Å². The lowest BCUT2D eigenvalue weighted by Crippen LogP contribution is -2.35. The highest BCUT2D eigenvalue weighted by Crippen LogP contribution is 2.38. The zero-order valence-electron chi connectivity index (χ0n) is 19.8. The second kappa shape index (κ2) is 8.08. The van der Waals surface area contributed by atoms with Crippen LogP contribution >= 0.6 is 0 Å². The number of hydrogen-bond acceptors (Lipinski definition) is 4. The molecule has 0 saturated carbocycles. The van der Waals surface area contributed by atoms with E-state index < -0.39 is 0 Å². The summed E-state index contributed by atoms with van der Waals surface area (Å²) < 4.78 is 5.93. The summed E-state index contributed by atoms with van der Waals surface area (Å²) in [5, 5.41) is 1.07. The summed E-state index contributed by atoms with van der Waals surface area (Å²) in [7, 11) is 5.71. The highest BCUT2D eigenvalue weighted by molar-refractivity contribution is 5.98. The summed E-state index contributed by atoms with van der Waals surface area (Å²) in [5.41, 5.74) is 10.2. The summed E-state index contributed by atoms with van der Waals surface area (Å²) in [6, 6.07) is 14.6. The van der Waals surface area contributed by atoms with Crippen LogP contribution in [0.15, 0.2) is 54.9 Å². The molecule has 0 radical (unpaired) electrons. The maximum absolute atomic E-state index is 12.3. The van der Waals surface area contributed by atoms with E-state index in [-0.39, 0.29) is 5.91 Å². The van der Waals surface area contributed by atoms with Crippen molar-refractivity contribution in [2.75, 3.05) is 34.3 Å². The highest BCUT2D eigenvalue weighted by Gasteiger charge is 2.30. The number of rotatable bonds is 3. The molecule has 0 spiro atoms.